The highest BCUT2D eigenvalue weighted by Gasteiger charge is 2.36. The van der Waals surface area contributed by atoms with Crippen molar-refractivity contribution >= 4 is 5.97 Å². The highest BCUT2D eigenvalue weighted by molar-refractivity contribution is 5.72. The van der Waals surface area contributed by atoms with Crippen LogP contribution in [-0.2, 0) is 4.79 Å². The Morgan fingerprint density at radius 2 is 2.50 bits per heavy atom. The van der Waals surface area contributed by atoms with Gasteiger partial charge >= 0.3 is 0 Å². The van der Waals surface area contributed by atoms with Crippen molar-refractivity contribution in [3.63, 3.8) is 0 Å². The number of hydrogen-bond donors (Lipinski definition) is 1. The fourth-order valence-corrected chi connectivity index (χ4v) is 1.29. The third kappa shape index (κ3) is 2.09. The van der Waals surface area contributed by atoms with Crippen molar-refractivity contribution in [1.82, 2.24) is 0 Å². The lowest BCUT2D eigenvalue weighted by atomic mass is 9.91. The fourth-order valence-electron chi connectivity index (χ4n) is 1.29. The van der Waals surface area contributed by atoms with Crippen molar-refractivity contribution in [2.45, 2.75) is 12.3 Å². The standard InChI is InChI=1S/C10H11FO3/c1-2-3-7-4-5-8(9(12)13)10(11,14)6-7/h2,4-6,8,14H,1,3H2,(H,12,13)/p-1. The number of carboxylic acid groups (broad SMARTS) is 1. The number of hydrogen-bond acceptors (Lipinski definition) is 3. The van der Waals surface area contributed by atoms with Gasteiger partial charge in [0.05, 0.1) is 11.9 Å². The van der Waals surface area contributed by atoms with Crippen LogP contribution in [0.2, 0.25) is 0 Å². The minimum atomic E-state index is -2.87. The molecule has 0 spiro atoms. The summed E-state index contributed by atoms with van der Waals surface area (Å²) in [4.78, 5) is 10.4. The van der Waals surface area contributed by atoms with E-state index in [-0.39, 0.29) is 0 Å². The lowest BCUT2D eigenvalue weighted by Crippen LogP contribution is -2.44. The Balaban J connectivity index is 2.91. The molecule has 0 bridgehead atoms. The van der Waals surface area contributed by atoms with E-state index in [9.17, 15) is 14.3 Å². The second kappa shape index (κ2) is 3.75. The first-order chi connectivity index (χ1) is 6.47. The van der Waals surface area contributed by atoms with Crippen LogP contribution in [0, 0.1) is 5.92 Å². The van der Waals surface area contributed by atoms with Crippen molar-refractivity contribution in [3.05, 3.63) is 36.5 Å². The van der Waals surface area contributed by atoms with Gasteiger partial charge in [0.1, 0.15) is 0 Å². The Kier molecular flexibility index (Phi) is 2.86. The van der Waals surface area contributed by atoms with Crippen molar-refractivity contribution in [1.29, 1.82) is 0 Å². The molecule has 0 aromatic carbocycles. The maximum atomic E-state index is 13.3. The van der Waals surface area contributed by atoms with E-state index in [0.717, 1.165) is 12.2 Å². The SMILES string of the molecule is C=CCC1=CC(O)(F)C(C(=O)[O-])C=C1. The minimum absolute atomic E-state index is 0.377. The van der Waals surface area contributed by atoms with Gasteiger partial charge in [-0.05, 0) is 18.1 Å². The molecular weight excluding hydrogens is 187 g/mol. The maximum absolute atomic E-state index is 13.3. The summed E-state index contributed by atoms with van der Waals surface area (Å²) in [5.41, 5.74) is 0.488. The van der Waals surface area contributed by atoms with Crippen LogP contribution >= 0.6 is 0 Å². The number of carboxylic acids is 1. The number of carbonyl (C=O) groups is 1. The summed E-state index contributed by atoms with van der Waals surface area (Å²) in [5.74, 6) is -6.15. The molecule has 0 heterocycles. The van der Waals surface area contributed by atoms with Gasteiger partial charge in [0.25, 0.3) is 0 Å². The minimum Gasteiger partial charge on any atom is -0.549 e. The molecular formula is C10H10FO3-. The van der Waals surface area contributed by atoms with Gasteiger partial charge in [-0.15, -0.1) is 6.58 Å². The van der Waals surface area contributed by atoms with Crippen molar-refractivity contribution in [2.24, 2.45) is 5.92 Å². The van der Waals surface area contributed by atoms with E-state index in [2.05, 4.69) is 6.58 Å². The van der Waals surface area contributed by atoms with E-state index in [1.807, 2.05) is 0 Å². The average Bonchev–Trinajstić information content (AvgIpc) is 2.01. The largest absolute Gasteiger partial charge is 0.549 e. The Bertz CT molecular complexity index is 315. The summed E-state index contributed by atoms with van der Waals surface area (Å²) in [7, 11) is 0. The van der Waals surface area contributed by atoms with E-state index in [0.29, 0.717) is 12.0 Å². The molecule has 0 fully saturated rings. The molecule has 0 aliphatic heterocycles. The fraction of sp³-hybridized carbons (Fsp3) is 0.300. The summed E-state index contributed by atoms with van der Waals surface area (Å²) in [6, 6.07) is 0. The van der Waals surface area contributed by atoms with E-state index in [1.54, 1.807) is 0 Å². The second-order valence-corrected chi connectivity index (χ2v) is 3.10. The van der Waals surface area contributed by atoms with E-state index < -0.39 is 17.7 Å². The van der Waals surface area contributed by atoms with Crippen LogP contribution in [-0.4, -0.2) is 16.9 Å². The predicted octanol–water partition coefficient (Wildman–Crippen LogP) is 0.0829. The first kappa shape index (κ1) is 10.7. The van der Waals surface area contributed by atoms with Crippen LogP contribution in [0.4, 0.5) is 4.39 Å². The average molecular weight is 197 g/mol. The number of aliphatic carboxylic acids is 1. The van der Waals surface area contributed by atoms with Crippen LogP contribution in [0.25, 0.3) is 0 Å². The summed E-state index contributed by atoms with van der Waals surface area (Å²) in [5, 5.41) is 19.6. The quantitative estimate of drug-likeness (QED) is 0.652. The molecule has 0 saturated carbocycles. The van der Waals surface area contributed by atoms with E-state index >= 15 is 0 Å². The first-order valence-corrected chi connectivity index (χ1v) is 4.10. The zero-order chi connectivity index (χ0) is 10.8. The summed E-state index contributed by atoms with van der Waals surface area (Å²) >= 11 is 0. The molecule has 1 rings (SSSR count). The molecule has 0 radical (unpaired) electrons. The smallest absolute Gasteiger partial charge is 0.238 e. The molecule has 76 valence electrons. The molecule has 14 heavy (non-hydrogen) atoms. The van der Waals surface area contributed by atoms with Gasteiger partial charge in [-0.3, -0.25) is 0 Å². The van der Waals surface area contributed by atoms with Crippen LogP contribution in [0.3, 0.4) is 0 Å². The number of alkyl halides is 1. The molecule has 2 unspecified atom stereocenters. The third-order valence-corrected chi connectivity index (χ3v) is 1.96. The summed E-state index contributed by atoms with van der Waals surface area (Å²) in [6.45, 7) is 3.45. The highest BCUT2D eigenvalue weighted by Crippen LogP contribution is 2.29. The Morgan fingerprint density at radius 1 is 1.86 bits per heavy atom. The van der Waals surface area contributed by atoms with Crippen molar-refractivity contribution in [2.75, 3.05) is 0 Å². The molecule has 0 amide bonds. The lowest BCUT2D eigenvalue weighted by Gasteiger charge is -2.28. The normalized spacial score (nSPS) is 31.0. The monoisotopic (exact) mass is 197 g/mol. The van der Waals surface area contributed by atoms with Crippen molar-refractivity contribution < 1.29 is 19.4 Å². The van der Waals surface area contributed by atoms with Gasteiger partial charge in [0.2, 0.25) is 5.85 Å². The first-order valence-electron chi connectivity index (χ1n) is 4.10. The zero-order valence-electron chi connectivity index (χ0n) is 7.44. The van der Waals surface area contributed by atoms with Gasteiger partial charge in [0.15, 0.2) is 0 Å². The Labute approximate surface area is 80.9 Å². The predicted molar refractivity (Wildman–Crippen MR) is 46.6 cm³/mol. The second-order valence-electron chi connectivity index (χ2n) is 3.10. The molecule has 3 nitrogen and oxygen atoms in total. The number of carbonyl (C=O) groups excluding carboxylic acids is 1. The van der Waals surface area contributed by atoms with E-state index in [4.69, 9.17) is 5.11 Å². The Hall–Kier alpha value is -1.42. The van der Waals surface area contributed by atoms with Crippen molar-refractivity contribution in [3.8, 4) is 0 Å². The summed E-state index contributed by atoms with van der Waals surface area (Å²) in [6.07, 6.45) is 5.30. The highest BCUT2D eigenvalue weighted by atomic mass is 19.2. The molecule has 1 N–H and O–H groups in total. The number of rotatable bonds is 3. The molecule has 0 saturated heterocycles. The van der Waals surface area contributed by atoms with Crippen LogP contribution in [0.1, 0.15) is 6.42 Å². The maximum Gasteiger partial charge on any atom is 0.238 e. The lowest BCUT2D eigenvalue weighted by molar-refractivity contribution is -0.317. The molecule has 4 heteroatoms. The third-order valence-electron chi connectivity index (χ3n) is 1.96. The molecule has 1 aliphatic carbocycles. The zero-order valence-corrected chi connectivity index (χ0v) is 7.44. The van der Waals surface area contributed by atoms with Crippen LogP contribution < -0.4 is 5.11 Å². The van der Waals surface area contributed by atoms with E-state index in [1.165, 1.54) is 12.2 Å². The molecule has 0 aromatic rings. The van der Waals surface area contributed by atoms with Gasteiger partial charge in [0, 0.05) is 0 Å². The van der Waals surface area contributed by atoms with Gasteiger partial charge in [-0.2, -0.15) is 0 Å². The molecule has 2 atom stereocenters. The number of aliphatic hydroxyl groups is 1. The summed E-state index contributed by atoms with van der Waals surface area (Å²) < 4.78 is 13.3. The molecule has 1 aliphatic rings. The van der Waals surface area contributed by atoms with Gasteiger partial charge in [-0.25, -0.2) is 4.39 Å². The van der Waals surface area contributed by atoms with Crippen LogP contribution in [0.5, 0.6) is 0 Å². The topological polar surface area (TPSA) is 60.4 Å². The number of halogens is 1. The Morgan fingerprint density at radius 3 is 2.93 bits per heavy atom. The van der Waals surface area contributed by atoms with Crippen LogP contribution in [0.15, 0.2) is 36.5 Å². The molecule has 0 aromatic heterocycles. The number of allylic oxidation sites excluding steroid dienone is 3. The van der Waals surface area contributed by atoms with Gasteiger partial charge < -0.3 is 15.0 Å². The van der Waals surface area contributed by atoms with Gasteiger partial charge in [-0.1, -0.05) is 18.2 Å².